The molecule has 2 aliphatic rings. The zero-order valence-electron chi connectivity index (χ0n) is 16.1. The minimum atomic E-state index is -0.572. The van der Waals surface area contributed by atoms with E-state index in [9.17, 15) is 9.59 Å². The number of aromatic nitrogens is 3. The van der Waals surface area contributed by atoms with Gasteiger partial charge in [0.15, 0.2) is 5.69 Å². The molecule has 7 heteroatoms. The molecule has 2 aromatic carbocycles. The van der Waals surface area contributed by atoms with Crippen molar-refractivity contribution in [2.45, 2.75) is 31.2 Å². The highest BCUT2D eigenvalue weighted by Crippen LogP contribution is 2.49. The third-order valence-corrected chi connectivity index (χ3v) is 6.22. The maximum Gasteiger partial charge on any atom is 0.270 e. The van der Waals surface area contributed by atoms with Crippen molar-refractivity contribution in [3.05, 3.63) is 59.9 Å². The molecule has 2 atom stereocenters. The second kappa shape index (κ2) is 6.99. The molecule has 2 unspecified atom stereocenters. The number of rotatable bonds is 4. The molecule has 148 valence electrons. The van der Waals surface area contributed by atoms with Crippen LogP contribution in [0.1, 0.15) is 47.3 Å². The average Bonchev–Trinajstić information content (AvgIpc) is 3.40. The van der Waals surface area contributed by atoms with Crippen LogP contribution in [0.3, 0.4) is 0 Å². The first-order chi connectivity index (χ1) is 14.1. The number of benzene rings is 2. The van der Waals surface area contributed by atoms with Gasteiger partial charge in [-0.2, -0.15) is 0 Å². The van der Waals surface area contributed by atoms with Gasteiger partial charge >= 0.3 is 0 Å². The quantitative estimate of drug-likeness (QED) is 0.742. The van der Waals surface area contributed by atoms with Gasteiger partial charge in [0, 0.05) is 19.0 Å². The molecule has 1 saturated heterocycles. The highest BCUT2D eigenvalue weighted by molar-refractivity contribution is 5.90. The lowest BCUT2D eigenvalue weighted by molar-refractivity contribution is -0.134. The Hall–Kier alpha value is -3.22. The number of piperidine rings is 1. The van der Waals surface area contributed by atoms with Crippen LogP contribution in [-0.2, 0) is 4.79 Å². The fourth-order valence-electron chi connectivity index (χ4n) is 4.43. The molecule has 0 bridgehead atoms. The van der Waals surface area contributed by atoms with Gasteiger partial charge in [-0.3, -0.25) is 9.59 Å². The van der Waals surface area contributed by atoms with E-state index in [1.54, 1.807) is 10.9 Å². The summed E-state index contributed by atoms with van der Waals surface area (Å²) in [7, 11) is 0. The van der Waals surface area contributed by atoms with E-state index >= 15 is 0 Å². The first kappa shape index (κ1) is 17.8. The van der Waals surface area contributed by atoms with Crippen LogP contribution in [0.15, 0.2) is 48.7 Å². The second-order valence-corrected chi connectivity index (χ2v) is 8.06. The van der Waals surface area contributed by atoms with Gasteiger partial charge in [-0.15, -0.1) is 5.10 Å². The average molecular weight is 389 g/mol. The minimum absolute atomic E-state index is 0.0977. The number of fused-ring (bicyclic) bond motifs is 1. The molecule has 1 aliphatic heterocycles. The van der Waals surface area contributed by atoms with Crippen molar-refractivity contribution in [2.75, 3.05) is 13.1 Å². The lowest BCUT2D eigenvalue weighted by Crippen LogP contribution is -2.40. The lowest BCUT2D eigenvalue weighted by atomic mass is 10.0. The van der Waals surface area contributed by atoms with E-state index < -0.39 is 5.91 Å². The molecule has 2 heterocycles. The van der Waals surface area contributed by atoms with Crippen LogP contribution in [-0.4, -0.2) is 44.8 Å². The maximum absolute atomic E-state index is 13.0. The van der Waals surface area contributed by atoms with E-state index in [0.717, 1.165) is 19.3 Å². The molecule has 0 spiro atoms. The SMILES string of the molecule is NC(=O)c1cn(C2CCN(C(=O)C3CC3c3ccc4ccccc4c3)CC2)nn1. The Kier molecular flexibility index (Phi) is 4.30. The first-order valence-electron chi connectivity index (χ1n) is 10.1. The number of hydrogen-bond acceptors (Lipinski definition) is 4. The third kappa shape index (κ3) is 3.37. The summed E-state index contributed by atoms with van der Waals surface area (Å²) in [6.07, 6.45) is 4.14. The smallest absolute Gasteiger partial charge is 0.270 e. The van der Waals surface area contributed by atoms with Crippen molar-refractivity contribution >= 4 is 22.6 Å². The van der Waals surface area contributed by atoms with Gasteiger partial charge in [-0.25, -0.2) is 4.68 Å². The molecular formula is C22H23N5O2. The third-order valence-electron chi connectivity index (χ3n) is 6.22. The Bertz CT molecular complexity index is 1080. The van der Waals surface area contributed by atoms with Crippen molar-refractivity contribution in [3.8, 4) is 0 Å². The standard InChI is InChI=1S/C22H23N5O2/c23-21(28)20-13-27(25-24-20)17-7-9-26(10-8-17)22(29)19-12-18(19)16-6-5-14-3-1-2-4-15(14)11-16/h1-6,11,13,17-19H,7-10,12H2,(H2,23,28). The molecule has 1 saturated carbocycles. The Balaban J connectivity index is 1.20. The Morgan fingerprint density at radius 3 is 2.52 bits per heavy atom. The lowest BCUT2D eigenvalue weighted by Gasteiger charge is -2.32. The van der Waals surface area contributed by atoms with Gasteiger partial charge in [0.1, 0.15) is 0 Å². The summed E-state index contributed by atoms with van der Waals surface area (Å²) in [4.78, 5) is 26.1. The van der Waals surface area contributed by atoms with Crippen LogP contribution in [0.25, 0.3) is 10.8 Å². The topological polar surface area (TPSA) is 94.1 Å². The first-order valence-corrected chi connectivity index (χ1v) is 10.1. The van der Waals surface area contributed by atoms with Gasteiger partial charge in [0.05, 0.1) is 12.2 Å². The highest BCUT2D eigenvalue weighted by atomic mass is 16.2. The number of hydrogen-bond donors (Lipinski definition) is 1. The number of amides is 2. The van der Waals surface area contributed by atoms with Crippen molar-refractivity contribution in [2.24, 2.45) is 11.7 Å². The molecule has 5 rings (SSSR count). The summed E-state index contributed by atoms with van der Waals surface area (Å²) in [6, 6.07) is 15.0. The number of carbonyl (C=O) groups is 2. The second-order valence-electron chi connectivity index (χ2n) is 8.06. The molecule has 0 radical (unpaired) electrons. The predicted molar refractivity (Wildman–Crippen MR) is 108 cm³/mol. The minimum Gasteiger partial charge on any atom is -0.364 e. The van der Waals surface area contributed by atoms with Gasteiger partial charge in [-0.05, 0) is 41.5 Å². The summed E-state index contributed by atoms with van der Waals surface area (Å²) in [5, 5.41) is 10.3. The summed E-state index contributed by atoms with van der Waals surface area (Å²) >= 11 is 0. The van der Waals surface area contributed by atoms with Gasteiger partial charge in [0.2, 0.25) is 5.91 Å². The van der Waals surface area contributed by atoms with Crippen molar-refractivity contribution in [1.29, 1.82) is 0 Å². The molecule has 2 amide bonds. The summed E-state index contributed by atoms with van der Waals surface area (Å²) in [6.45, 7) is 1.41. The van der Waals surface area contributed by atoms with Crippen molar-refractivity contribution in [3.63, 3.8) is 0 Å². The molecule has 1 aliphatic carbocycles. The van der Waals surface area contributed by atoms with Gasteiger partial charge in [-0.1, -0.05) is 47.7 Å². The number of carbonyl (C=O) groups excluding carboxylic acids is 2. The van der Waals surface area contributed by atoms with E-state index in [0.29, 0.717) is 19.0 Å². The molecular weight excluding hydrogens is 366 g/mol. The molecule has 2 N–H and O–H groups in total. The Morgan fingerprint density at radius 1 is 1.03 bits per heavy atom. The van der Waals surface area contributed by atoms with Crippen molar-refractivity contribution in [1.82, 2.24) is 19.9 Å². The van der Waals surface area contributed by atoms with E-state index in [1.807, 2.05) is 17.0 Å². The molecule has 29 heavy (non-hydrogen) atoms. The monoisotopic (exact) mass is 389 g/mol. The summed E-state index contributed by atoms with van der Waals surface area (Å²) in [5.41, 5.74) is 6.69. The van der Waals surface area contributed by atoms with Crippen LogP contribution in [0, 0.1) is 5.92 Å². The largest absolute Gasteiger partial charge is 0.364 e. The predicted octanol–water partition coefficient (Wildman–Crippen LogP) is 2.50. The summed E-state index contributed by atoms with van der Waals surface area (Å²) in [5.74, 6) is 0.120. The Labute approximate surface area is 168 Å². The van der Waals surface area contributed by atoms with Crippen molar-refractivity contribution < 1.29 is 9.59 Å². The van der Waals surface area contributed by atoms with E-state index in [4.69, 9.17) is 5.73 Å². The number of likely N-dealkylation sites (tertiary alicyclic amines) is 1. The zero-order valence-corrected chi connectivity index (χ0v) is 16.1. The van der Waals surface area contributed by atoms with Crippen LogP contribution >= 0.6 is 0 Å². The van der Waals surface area contributed by atoms with Crippen LogP contribution in [0.4, 0.5) is 0 Å². The fraction of sp³-hybridized carbons (Fsp3) is 0.364. The van der Waals surface area contributed by atoms with E-state index in [1.165, 1.54) is 16.3 Å². The molecule has 1 aromatic heterocycles. The van der Waals surface area contributed by atoms with E-state index in [2.05, 4.69) is 40.6 Å². The van der Waals surface area contributed by atoms with E-state index in [-0.39, 0.29) is 23.6 Å². The number of nitrogens with zero attached hydrogens (tertiary/aromatic N) is 4. The maximum atomic E-state index is 13.0. The zero-order chi connectivity index (χ0) is 20.0. The molecule has 7 nitrogen and oxygen atoms in total. The number of primary amides is 1. The number of nitrogens with two attached hydrogens (primary N) is 1. The van der Waals surface area contributed by atoms with Gasteiger partial charge in [0.25, 0.3) is 5.91 Å². The summed E-state index contributed by atoms with van der Waals surface area (Å²) < 4.78 is 1.71. The van der Waals surface area contributed by atoms with Crippen LogP contribution < -0.4 is 5.73 Å². The van der Waals surface area contributed by atoms with Crippen LogP contribution in [0.2, 0.25) is 0 Å². The Morgan fingerprint density at radius 2 is 1.79 bits per heavy atom. The molecule has 3 aromatic rings. The normalized spacial score (nSPS) is 22.0. The van der Waals surface area contributed by atoms with Crippen LogP contribution in [0.5, 0.6) is 0 Å². The fourth-order valence-corrected chi connectivity index (χ4v) is 4.43. The molecule has 2 fully saturated rings. The van der Waals surface area contributed by atoms with Gasteiger partial charge < -0.3 is 10.6 Å². The highest BCUT2D eigenvalue weighted by Gasteiger charge is 2.46.